The highest BCUT2D eigenvalue weighted by Crippen LogP contribution is 2.41. The van der Waals surface area contributed by atoms with E-state index in [9.17, 15) is 0 Å². The van der Waals surface area contributed by atoms with Gasteiger partial charge in [-0.25, -0.2) is 0 Å². The molecule has 1 atom stereocenters. The van der Waals surface area contributed by atoms with Gasteiger partial charge >= 0.3 is 0 Å². The summed E-state index contributed by atoms with van der Waals surface area (Å²) < 4.78 is 0. The van der Waals surface area contributed by atoms with E-state index in [2.05, 4.69) is 84.8 Å². The van der Waals surface area contributed by atoms with Crippen LogP contribution < -0.4 is 0 Å². The fourth-order valence-corrected chi connectivity index (χ4v) is 2.98. The molecular formula is C20H35N. The molecule has 1 aliphatic rings. The Morgan fingerprint density at radius 2 is 1.67 bits per heavy atom. The van der Waals surface area contributed by atoms with E-state index in [0.29, 0.717) is 16.7 Å². The number of rotatable bonds is 4. The van der Waals surface area contributed by atoms with Crippen LogP contribution in [0.3, 0.4) is 0 Å². The first-order valence-electron chi connectivity index (χ1n) is 8.20. The first-order chi connectivity index (χ1) is 9.49. The minimum absolute atomic E-state index is 0.295. The standard InChI is InChI=1S/C20H35N/c1-19(2,3)14-18(20(4,5)6)17-11-9-10-16(12-13-17)15-21(7)8/h9,11-13,18H,10,14-15H2,1-8H3. The fourth-order valence-electron chi connectivity index (χ4n) is 2.98. The summed E-state index contributed by atoms with van der Waals surface area (Å²) in [5, 5.41) is 0. The van der Waals surface area contributed by atoms with Crippen molar-refractivity contribution in [2.24, 2.45) is 16.7 Å². The Labute approximate surface area is 132 Å². The molecule has 120 valence electrons. The van der Waals surface area contributed by atoms with Gasteiger partial charge in [0.25, 0.3) is 0 Å². The number of allylic oxidation sites excluding steroid dienone is 5. The fraction of sp³-hybridized carbons (Fsp3) is 0.700. The van der Waals surface area contributed by atoms with E-state index in [1.807, 2.05) is 0 Å². The molecular weight excluding hydrogens is 254 g/mol. The maximum absolute atomic E-state index is 2.37. The lowest BCUT2D eigenvalue weighted by molar-refractivity contribution is 0.199. The van der Waals surface area contributed by atoms with Gasteiger partial charge in [-0.1, -0.05) is 71.4 Å². The lowest BCUT2D eigenvalue weighted by atomic mass is 9.68. The average Bonchev–Trinajstić information content (AvgIpc) is 2.48. The largest absolute Gasteiger partial charge is 0.305 e. The zero-order chi connectivity index (χ0) is 16.3. The second-order valence-electron chi connectivity index (χ2n) is 9.02. The molecule has 21 heavy (non-hydrogen) atoms. The molecule has 1 heteroatoms. The van der Waals surface area contributed by atoms with Crippen LogP contribution in [0, 0.1) is 16.7 Å². The van der Waals surface area contributed by atoms with E-state index in [-0.39, 0.29) is 0 Å². The Bertz CT molecular complexity index is 422. The third-order valence-electron chi connectivity index (χ3n) is 3.99. The summed E-state index contributed by atoms with van der Waals surface area (Å²) in [6.07, 6.45) is 11.7. The summed E-state index contributed by atoms with van der Waals surface area (Å²) in [6, 6.07) is 0. The second-order valence-corrected chi connectivity index (χ2v) is 9.02. The highest BCUT2D eigenvalue weighted by molar-refractivity contribution is 5.34. The van der Waals surface area contributed by atoms with Gasteiger partial charge in [0.2, 0.25) is 0 Å². The van der Waals surface area contributed by atoms with Crippen LogP contribution in [0.1, 0.15) is 54.4 Å². The number of nitrogens with zero attached hydrogens (tertiary/aromatic N) is 1. The molecule has 0 bridgehead atoms. The van der Waals surface area contributed by atoms with Crippen molar-refractivity contribution in [1.29, 1.82) is 0 Å². The molecule has 0 radical (unpaired) electrons. The van der Waals surface area contributed by atoms with Crippen molar-refractivity contribution in [3.05, 3.63) is 35.5 Å². The highest BCUT2D eigenvalue weighted by Gasteiger charge is 2.30. The predicted octanol–water partition coefficient (Wildman–Crippen LogP) is 5.46. The molecule has 0 spiro atoms. The summed E-state index contributed by atoms with van der Waals surface area (Å²) in [7, 11) is 4.27. The van der Waals surface area contributed by atoms with E-state index in [0.717, 1.165) is 13.0 Å². The molecule has 1 unspecified atom stereocenters. The second kappa shape index (κ2) is 6.96. The number of hydrogen-bond donors (Lipinski definition) is 0. The van der Waals surface area contributed by atoms with Crippen LogP contribution in [-0.4, -0.2) is 25.5 Å². The van der Waals surface area contributed by atoms with Crippen LogP contribution in [0.2, 0.25) is 0 Å². The van der Waals surface area contributed by atoms with Gasteiger partial charge in [-0.15, -0.1) is 0 Å². The highest BCUT2D eigenvalue weighted by atomic mass is 15.0. The molecule has 0 saturated carbocycles. The summed E-state index contributed by atoms with van der Waals surface area (Å²) >= 11 is 0. The van der Waals surface area contributed by atoms with Crippen molar-refractivity contribution < 1.29 is 0 Å². The summed E-state index contributed by atoms with van der Waals surface area (Å²) in [5.74, 6) is 0.601. The van der Waals surface area contributed by atoms with Crippen molar-refractivity contribution in [3.8, 4) is 0 Å². The summed E-state index contributed by atoms with van der Waals surface area (Å²) in [4.78, 5) is 2.24. The third kappa shape index (κ3) is 6.65. The topological polar surface area (TPSA) is 3.24 Å². The number of likely N-dealkylation sites (N-methyl/N-ethyl adjacent to an activating group) is 1. The Hall–Kier alpha value is -0.820. The maximum atomic E-state index is 2.37. The van der Waals surface area contributed by atoms with Crippen LogP contribution in [0.25, 0.3) is 0 Å². The smallest absolute Gasteiger partial charge is 0.0193 e. The Balaban J connectivity index is 3.02. The van der Waals surface area contributed by atoms with Gasteiger partial charge in [-0.3, -0.25) is 0 Å². The van der Waals surface area contributed by atoms with E-state index < -0.39 is 0 Å². The molecule has 0 aromatic rings. The van der Waals surface area contributed by atoms with E-state index in [4.69, 9.17) is 0 Å². The molecule has 0 saturated heterocycles. The Kier molecular flexibility index (Phi) is 6.04. The summed E-state index contributed by atoms with van der Waals surface area (Å²) in [5.41, 5.74) is 3.64. The molecule has 1 nitrogen and oxygen atoms in total. The molecule has 1 aliphatic carbocycles. The molecule has 0 fully saturated rings. The van der Waals surface area contributed by atoms with Gasteiger partial charge in [0, 0.05) is 6.54 Å². The lowest BCUT2D eigenvalue weighted by Gasteiger charge is -2.36. The van der Waals surface area contributed by atoms with Gasteiger partial charge in [-0.2, -0.15) is 0 Å². The van der Waals surface area contributed by atoms with Crippen molar-refractivity contribution >= 4 is 0 Å². The normalized spacial score (nSPS) is 18.3. The van der Waals surface area contributed by atoms with Crippen LogP contribution >= 0.6 is 0 Å². The van der Waals surface area contributed by atoms with Crippen LogP contribution in [-0.2, 0) is 0 Å². The zero-order valence-electron chi connectivity index (χ0n) is 15.5. The molecule has 0 aliphatic heterocycles. The Morgan fingerprint density at radius 1 is 1.05 bits per heavy atom. The van der Waals surface area contributed by atoms with Crippen molar-refractivity contribution in [2.45, 2.75) is 54.4 Å². The van der Waals surface area contributed by atoms with Gasteiger partial charge in [-0.05, 0) is 49.3 Å². The van der Waals surface area contributed by atoms with Crippen molar-refractivity contribution in [3.63, 3.8) is 0 Å². The minimum atomic E-state index is 0.295. The SMILES string of the molecule is CN(C)CC1=CC=C(C(CC(C)(C)C)C(C)(C)C)C=CC1. The monoisotopic (exact) mass is 289 g/mol. The Morgan fingerprint density at radius 3 is 2.14 bits per heavy atom. The molecule has 0 aromatic carbocycles. The van der Waals surface area contributed by atoms with Gasteiger partial charge < -0.3 is 4.90 Å². The molecule has 0 N–H and O–H groups in total. The van der Waals surface area contributed by atoms with Crippen molar-refractivity contribution in [1.82, 2.24) is 4.90 Å². The van der Waals surface area contributed by atoms with E-state index >= 15 is 0 Å². The van der Waals surface area contributed by atoms with Gasteiger partial charge in [0.15, 0.2) is 0 Å². The van der Waals surface area contributed by atoms with E-state index in [1.54, 1.807) is 0 Å². The predicted molar refractivity (Wildman–Crippen MR) is 95.5 cm³/mol. The third-order valence-corrected chi connectivity index (χ3v) is 3.99. The van der Waals surface area contributed by atoms with Gasteiger partial charge in [0.1, 0.15) is 0 Å². The minimum Gasteiger partial charge on any atom is -0.305 e. The first kappa shape index (κ1) is 18.2. The zero-order valence-corrected chi connectivity index (χ0v) is 15.5. The van der Waals surface area contributed by atoms with Crippen LogP contribution in [0.15, 0.2) is 35.5 Å². The summed E-state index contributed by atoms with van der Waals surface area (Å²) in [6.45, 7) is 15.2. The quantitative estimate of drug-likeness (QED) is 0.664. The molecule has 0 heterocycles. The first-order valence-corrected chi connectivity index (χ1v) is 8.20. The maximum Gasteiger partial charge on any atom is 0.0193 e. The van der Waals surface area contributed by atoms with Crippen molar-refractivity contribution in [2.75, 3.05) is 20.6 Å². The van der Waals surface area contributed by atoms with E-state index in [1.165, 1.54) is 17.6 Å². The average molecular weight is 290 g/mol. The number of hydrogen-bond acceptors (Lipinski definition) is 1. The molecule has 0 aromatic heterocycles. The van der Waals surface area contributed by atoms with Crippen LogP contribution in [0.5, 0.6) is 0 Å². The lowest BCUT2D eigenvalue weighted by Crippen LogP contribution is -2.26. The van der Waals surface area contributed by atoms with Crippen LogP contribution in [0.4, 0.5) is 0 Å². The van der Waals surface area contributed by atoms with Gasteiger partial charge in [0.05, 0.1) is 0 Å². The molecule has 0 amide bonds. The molecule has 1 rings (SSSR count).